The molecule has 1 unspecified atom stereocenters. The Labute approximate surface area is 288 Å². The van der Waals surface area contributed by atoms with Crippen LogP contribution in [0.5, 0.6) is 5.75 Å². The number of ether oxygens (including phenoxy) is 1. The summed E-state index contributed by atoms with van der Waals surface area (Å²) in [7, 11) is -2.78. The van der Waals surface area contributed by atoms with Crippen molar-refractivity contribution in [3.05, 3.63) is 124 Å². The van der Waals surface area contributed by atoms with Gasteiger partial charge in [-0.2, -0.15) is 0 Å². The topological polar surface area (TPSA) is 96.0 Å². The Balaban J connectivity index is 1.58. The molecule has 0 saturated heterocycles. The maximum absolute atomic E-state index is 14.7. The van der Waals surface area contributed by atoms with Crippen LogP contribution in [0.15, 0.2) is 102 Å². The van der Waals surface area contributed by atoms with Gasteiger partial charge in [0.1, 0.15) is 18.3 Å². The number of hydrogen-bond acceptors (Lipinski definition) is 5. The zero-order valence-corrected chi connectivity index (χ0v) is 29.1. The summed E-state index contributed by atoms with van der Waals surface area (Å²) < 4.78 is 34.9. The lowest BCUT2D eigenvalue weighted by Gasteiger charge is -2.34. The van der Waals surface area contributed by atoms with Gasteiger partial charge in [0.05, 0.1) is 22.7 Å². The second-order valence-corrected chi connectivity index (χ2v) is 14.6. The van der Waals surface area contributed by atoms with Crippen LogP contribution >= 0.6 is 11.6 Å². The summed E-state index contributed by atoms with van der Waals surface area (Å²) in [4.78, 5) is 30.4. The van der Waals surface area contributed by atoms with Crippen LogP contribution in [0.25, 0.3) is 0 Å². The molecule has 4 aromatic carbocycles. The summed E-state index contributed by atoms with van der Waals surface area (Å²) in [6, 6.07) is 27.5. The van der Waals surface area contributed by atoms with Crippen LogP contribution in [-0.4, -0.2) is 50.9 Å². The van der Waals surface area contributed by atoms with E-state index < -0.39 is 28.5 Å². The number of rotatable bonds is 13. The van der Waals surface area contributed by atoms with Crippen molar-refractivity contribution < 1.29 is 22.7 Å². The number of benzene rings is 4. The number of halogens is 1. The second kappa shape index (κ2) is 15.7. The van der Waals surface area contributed by atoms with Crippen molar-refractivity contribution in [2.45, 2.75) is 69.5 Å². The maximum Gasteiger partial charge on any atom is 0.264 e. The normalized spacial score (nSPS) is 13.9. The van der Waals surface area contributed by atoms with Crippen molar-refractivity contribution in [3.8, 4) is 5.75 Å². The number of carbonyl (C=O) groups is 2. The molecule has 0 bridgehead atoms. The van der Waals surface area contributed by atoms with E-state index in [2.05, 4.69) is 5.32 Å². The molecule has 1 aliphatic carbocycles. The predicted molar refractivity (Wildman–Crippen MR) is 190 cm³/mol. The average Bonchev–Trinajstić information content (AvgIpc) is 3.59. The first kappa shape index (κ1) is 35.0. The third-order valence-electron chi connectivity index (χ3n) is 8.76. The summed E-state index contributed by atoms with van der Waals surface area (Å²) in [6.45, 7) is 3.39. The minimum absolute atomic E-state index is 0.0257. The number of sulfonamides is 1. The minimum Gasteiger partial charge on any atom is -0.495 e. The van der Waals surface area contributed by atoms with Gasteiger partial charge in [0.25, 0.3) is 10.0 Å². The zero-order chi connectivity index (χ0) is 34.3. The van der Waals surface area contributed by atoms with Gasteiger partial charge in [-0.1, -0.05) is 102 Å². The quantitative estimate of drug-likeness (QED) is 0.166. The van der Waals surface area contributed by atoms with Crippen molar-refractivity contribution in [2.24, 2.45) is 0 Å². The smallest absolute Gasteiger partial charge is 0.264 e. The number of aryl methyl sites for hydroxylation is 2. The molecular formula is C38H42ClN3O5S. The lowest BCUT2D eigenvalue weighted by atomic mass is 10.0. The Kier molecular flexibility index (Phi) is 11.4. The lowest BCUT2D eigenvalue weighted by Crippen LogP contribution is -2.54. The van der Waals surface area contributed by atoms with E-state index in [1.54, 1.807) is 24.3 Å². The third-order valence-corrected chi connectivity index (χ3v) is 10.8. The molecule has 1 saturated carbocycles. The van der Waals surface area contributed by atoms with Gasteiger partial charge in [0.2, 0.25) is 11.8 Å². The number of amides is 2. The largest absolute Gasteiger partial charge is 0.495 e. The van der Waals surface area contributed by atoms with Gasteiger partial charge >= 0.3 is 0 Å². The fourth-order valence-electron chi connectivity index (χ4n) is 5.99. The zero-order valence-electron chi connectivity index (χ0n) is 27.6. The molecule has 1 atom stereocenters. The first-order valence-corrected chi connectivity index (χ1v) is 18.0. The Bertz CT molecular complexity index is 1810. The van der Waals surface area contributed by atoms with E-state index in [1.807, 2.05) is 68.4 Å². The number of carbonyl (C=O) groups excluding carboxylic acids is 2. The molecule has 48 heavy (non-hydrogen) atoms. The van der Waals surface area contributed by atoms with Crippen molar-refractivity contribution >= 4 is 39.1 Å². The molecule has 0 radical (unpaired) electrons. The molecule has 1 fully saturated rings. The van der Waals surface area contributed by atoms with Crippen LogP contribution in [0.2, 0.25) is 5.02 Å². The van der Waals surface area contributed by atoms with E-state index in [-0.39, 0.29) is 40.5 Å². The van der Waals surface area contributed by atoms with Gasteiger partial charge in [0, 0.05) is 19.0 Å². The van der Waals surface area contributed by atoms with Crippen molar-refractivity contribution in [1.29, 1.82) is 0 Å². The Hall–Kier alpha value is -4.34. The van der Waals surface area contributed by atoms with E-state index in [0.29, 0.717) is 5.75 Å². The highest BCUT2D eigenvalue weighted by atomic mass is 35.5. The molecule has 8 nitrogen and oxygen atoms in total. The molecule has 1 aliphatic rings. The van der Waals surface area contributed by atoms with Gasteiger partial charge in [-0.05, 0) is 68.1 Å². The van der Waals surface area contributed by atoms with Gasteiger partial charge in [-0.15, -0.1) is 0 Å². The van der Waals surface area contributed by atoms with Crippen molar-refractivity contribution in [1.82, 2.24) is 10.2 Å². The molecule has 10 heteroatoms. The number of methoxy groups -OCH3 is 1. The molecule has 1 N–H and O–H groups in total. The molecular weight excluding hydrogens is 646 g/mol. The SMILES string of the molecule is COc1ccc(N(CC(=O)N(Cc2ccc(C)cc2)C(Cc2ccccc2)C(=O)NC2CCCC2)S(=O)(=O)c2ccc(C)cc2)cc1Cl. The number of anilines is 1. The van der Waals surface area contributed by atoms with E-state index in [9.17, 15) is 18.0 Å². The van der Waals surface area contributed by atoms with Crippen LogP contribution in [0.3, 0.4) is 0 Å². The Morgan fingerprint density at radius 2 is 1.50 bits per heavy atom. The summed E-state index contributed by atoms with van der Waals surface area (Å²) in [5.74, 6) is -0.417. The lowest BCUT2D eigenvalue weighted by molar-refractivity contribution is -0.140. The number of hydrogen-bond donors (Lipinski definition) is 1. The monoisotopic (exact) mass is 687 g/mol. The average molecular weight is 688 g/mol. The molecule has 0 aromatic heterocycles. The number of nitrogens with zero attached hydrogens (tertiary/aromatic N) is 2. The Morgan fingerprint density at radius 3 is 2.10 bits per heavy atom. The van der Waals surface area contributed by atoms with Gasteiger partial charge in [-0.3, -0.25) is 13.9 Å². The fraction of sp³-hybridized carbons (Fsp3) is 0.316. The van der Waals surface area contributed by atoms with E-state index in [0.717, 1.165) is 52.2 Å². The van der Waals surface area contributed by atoms with E-state index >= 15 is 0 Å². The predicted octanol–water partition coefficient (Wildman–Crippen LogP) is 6.86. The van der Waals surface area contributed by atoms with Crippen LogP contribution in [0.1, 0.15) is 47.9 Å². The minimum atomic E-state index is -4.25. The fourth-order valence-corrected chi connectivity index (χ4v) is 7.65. The second-order valence-electron chi connectivity index (χ2n) is 12.3. The van der Waals surface area contributed by atoms with E-state index in [4.69, 9.17) is 16.3 Å². The standard InChI is InChI=1S/C38H42ClN3O5S/c1-27-13-17-30(18-14-27)25-41(35(23-29-9-5-4-6-10-29)38(44)40-31-11-7-8-12-31)37(43)26-42(32-19-22-36(47-3)34(39)24-32)48(45,46)33-20-15-28(2)16-21-33/h4-6,9-10,13-22,24,31,35H,7-8,11-12,23,25-26H2,1-3H3,(H,40,44). The van der Waals surface area contributed by atoms with Gasteiger partial charge in [-0.25, -0.2) is 8.42 Å². The molecule has 0 spiro atoms. The summed E-state index contributed by atoms with van der Waals surface area (Å²) in [5.41, 5.74) is 3.85. The molecule has 252 valence electrons. The summed E-state index contributed by atoms with van der Waals surface area (Å²) in [6.07, 6.45) is 4.11. The first-order chi connectivity index (χ1) is 23.0. The van der Waals surface area contributed by atoms with Crippen LogP contribution in [0.4, 0.5) is 5.69 Å². The highest BCUT2D eigenvalue weighted by Gasteiger charge is 2.35. The van der Waals surface area contributed by atoms with Crippen LogP contribution in [0, 0.1) is 13.8 Å². The molecule has 5 rings (SSSR count). The van der Waals surface area contributed by atoms with Gasteiger partial charge in [0.15, 0.2) is 0 Å². The highest BCUT2D eigenvalue weighted by Crippen LogP contribution is 2.32. The first-order valence-electron chi connectivity index (χ1n) is 16.2. The molecule has 0 aliphatic heterocycles. The third kappa shape index (κ3) is 8.57. The van der Waals surface area contributed by atoms with E-state index in [1.165, 1.54) is 30.2 Å². The maximum atomic E-state index is 14.7. The summed E-state index contributed by atoms with van der Waals surface area (Å²) >= 11 is 6.48. The van der Waals surface area contributed by atoms with Gasteiger partial charge < -0.3 is 15.0 Å². The Morgan fingerprint density at radius 1 is 0.875 bits per heavy atom. The van der Waals surface area contributed by atoms with Crippen LogP contribution in [-0.2, 0) is 32.6 Å². The van der Waals surface area contributed by atoms with Crippen LogP contribution < -0.4 is 14.4 Å². The molecule has 2 amide bonds. The van der Waals surface area contributed by atoms with Crippen molar-refractivity contribution in [2.75, 3.05) is 18.0 Å². The highest BCUT2D eigenvalue weighted by molar-refractivity contribution is 7.92. The molecule has 4 aromatic rings. The van der Waals surface area contributed by atoms with Crippen molar-refractivity contribution in [3.63, 3.8) is 0 Å². The number of nitrogens with one attached hydrogen (secondary N) is 1. The molecule has 0 heterocycles. The summed E-state index contributed by atoms with van der Waals surface area (Å²) in [5, 5.41) is 3.40.